The van der Waals surface area contributed by atoms with Gasteiger partial charge in [-0.2, -0.15) is 5.10 Å². The van der Waals surface area contributed by atoms with Crippen molar-refractivity contribution in [3.63, 3.8) is 0 Å². The average molecular weight is 328 g/mol. The van der Waals surface area contributed by atoms with Crippen LogP contribution in [0.2, 0.25) is 5.02 Å². The van der Waals surface area contributed by atoms with Crippen molar-refractivity contribution >= 4 is 17.4 Å². The van der Waals surface area contributed by atoms with E-state index in [9.17, 15) is 0 Å². The average Bonchev–Trinajstić information content (AvgIpc) is 2.84. The lowest BCUT2D eigenvalue weighted by atomic mass is 10.1. The Balaban J connectivity index is 2.02. The van der Waals surface area contributed by atoms with Gasteiger partial charge in [0.05, 0.1) is 11.9 Å². The number of aryl methyl sites for hydroxylation is 3. The molecule has 118 valence electrons. The van der Waals surface area contributed by atoms with Gasteiger partial charge in [-0.15, -0.1) is 0 Å². The Hall–Kier alpha value is -2.33. The molecule has 4 nitrogen and oxygen atoms in total. The van der Waals surface area contributed by atoms with E-state index >= 15 is 0 Å². The fourth-order valence-corrected chi connectivity index (χ4v) is 2.78. The van der Waals surface area contributed by atoms with Crippen molar-refractivity contribution in [2.75, 3.05) is 5.32 Å². The van der Waals surface area contributed by atoms with Gasteiger partial charge < -0.3 is 0 Å². The molecule has 0 aliphatic carbocycles. The molecule has 0 aliphatic rings. The van der Waals surface area contributed by atoms with Crippen LogP contribution in [0.15, 0.2) is 48.7 Å². The van der Waals surface area contributed by atoms with Crippen LogP contribution in [0.25, 0.3) is 0 Å². The highest BCUT2D eigenvalue weighted by atomic mass is 35.5. The van der Waals surface area contributed by atoms with E-state index in [1.807, 2.05) is 48.1 Å². The van der Waals surface area contributed by atoms with E-state index in [1.54, 1.807) is 0 Å². The molecule has 2 aromatic heterocycles. The second-order valence-corrected chi connectivity index (χ2v) is 6.19. The van der Waals surface area contributed by atoms with Crippen molar-refractivity contribution in [2.24, 2.45) is 0 Å². The van der Waals surface area contributed by atoms with E-state index < -0.39 is 0 Å². The molecule has 0 unspecified atom stereocenters. The molecule has 0 saturated carbocycles. The molecule has 0 bridgehead atoms. The summed E-state index contributed by atoms with van der Waals surface area (Å²) in [6, 6.07) is 14.0. The number of hydrogen-bond donors (Lipinski definition) is 1. The molecule has 1 atom stereocenters. The maximum atomic E-state index is 6.03. The van der Waals surface area contributed by atoms with Gasteiger partial charge in [0.1, 0.15) is 0 Å². The lowest BCUT2D eigenvalue weighted by Crippen LogP contribution is -2.25. The molecule has 5 heteroatoms. The summed E-state index contributed by atoms with van der Waals surface area (Å²) < 4.78 is 1.99. The summed E-state index contributed by atoms with van der Waals surface area (Å²) in [5.74, 6) is 0.942. The summed E-state index contributed by atoms with van der Waals surface area (Å²) in [7, 11) is 0. The van der Waals surface area contributed by atoms with Crippen molar-refractivity contribution in [1.29, 1.82) is 0 Å². The number of aromatic nitrogens is 3. The Morgan fingerprint density at radius 1 is 1.09 bits per heavy atom. The quantitative estimate of drug-likeness (QED) is 0.789. The molecule has 3 rings (SSSR count). The van der Waals surface area contributed by atoms with Crippen LogP contribution >= 0.6 is 11.6 Å². The molecule has 3 aromatic rings. The maximum Gasteiger partial charge on any atom is 0.274 e. The Kier molecular flexibility index (Phi) is 4.35. The normalized spacial score (nSPS) is 12.2. The number of rotatable bonds is 4. The van der Waals surface area contributed by atoms with Crippen molar-refractivity contribution in [1.82, 2.24) is 9.78 Å². The zero-order valence-electron chi connectivity index (χ0n) is 13.5. The maximum absolute atomic E-state index is 6.03. The first-order valence-corrected chi connectivity index (χ1v) is 7.94. The van der Waals surface area contributed by atoms with E-state index in [4.69, 9.17) is 11.6 Å². The van der Waals surface area contributed by atoms with Crippen LogP contribution in [-0.2, 0) is 0 Å². The van der Waals surface area contributed by atoms with Gasteiger partial charge in [0.2, 0.25) is 6.17 Å². The number of nitrogens with zero attached hydrogens (tertiary/aromatic N) is 2. The lowest BCUT2D eigenvalue weighted by Gasteiger charge is -2.17. The molecular weight excluding hydrogens is 308 g/mol. The molecule has 0 saturated heterocycles. The highest BCUT2D eigenvalue weighted by Crippen LogP contribution is 2.23. The molecule has 2 heterocycles. The smallest absolute Gasteiger partial charge is 0.248 e. The number of nitrogens with one attached hydrogen (secondary N) is 2. The summed E-state index contributed by atoms with van der Waals surface area (Å²) in [6.45, 7) is 6.13. The fraction of sp³-hybridized carbons (Fsp3) is 0.222. The van der Waals surface area contributed by atoms with Crippen molar-refractivity contribution in [2.45, 2.75) is 26.9 Å². The number of aromatic amines is 1. The van der Waals surface area contributed by atoms with E-state index in [0.717, 1.165) is 27.8 Å². The summed E-state index contributed by atoms with van der Waals surface area (Å²) in [5.41, 5.74) is 4.38. The van der Waals surface area contributed by atoms with Crippen LogP contribution in [0.3, 0.4) is 0 Å². The Labute approximate surface area is 141 Å². The van der Waals surface area contributed by atoms with Gasteiger partial charge >= 0.3 is 0 Å². The summed E-state index contributed by atoms with van der Waals surface area (Å²) in [5, 5.41) is 8.89. The van der Waals surface area contributed by atoms with Crippen molar-refractivity contribution in [3.8, 4) is 0 Å². The van der Waals surface area contributed by atoms with Gasteiger partial charge in [0.15, 0.2) is 0 Å². The van der Waals surface area contributed by atoms with E-state index in [0.29, 0.717) is 0 Å². The highest BCUT2D eigenvalue weighted by Gasteiger charge is 2.22. The van der Waals surface area contributed by atoms with Gasteiger partial charge in [-0.25, -0.2) is 15.0 Å². The van der Waals surface area contributed by atoms with Crippen LogP contribution in [0.1, 0.15) is 28.7 Å². The number of hydrogen-bond acceptors (Lipinski definition) is 2. The van der Waals surface area contributed by atoms with E-state index in [1.165, 1.54) is 5.56 Å². The van der Waals surface area contributed by atoms with Crippen molar-refractivity contribution in [3.05, 3.63) is 76.2 Å². The fourth-order valence-electron chi connectivity index (χ4n) is 2.65. The lowest BCUT2D eigenvalue weighted by molar-refractivity contribution is -0.361. The second kappa shape index (κ2) is 6.42. The number of H-pyrrole nitrogens is 1. The van der Waals surface area contributed by atoms with Crippen molar-refractivity contribution < 1.29 is 4.98 Å². The van der Waals surface area contributed by atoms with Crippen LogP contribution in [0.5, 0.6) is 0 Å². The largest absolute Gasteiger partial charge is 0.274 e. The minimum atomic E-state index is -0.112. The summed E-state index contributed by atoms with van der Waals surface area (Å²) in [4.78, 5) is 3.24. The third kappa shape index (κ3) is 3.54. The monoisotopic (exact) mass is 327 g/mol. The molecule has 23 heavy (non-hydrogen) atoms. The molecular formula is C18H20ClN4+. The standard InChI is InChI=1S/C18H19ClN4/c1-12-8-9-20-17(10-12)21-18(15-4-6-16(19)7-5-15)23-14(3)11-13(2)22-23/h4-11,18H,1-3H3,(H,20,21)/p+1/t18-/m1/s1. The second-order valence-electron chi connectivity index (χ2n) is 5.75. The first kappa shape index (κ1) is 15.6. The molecule has 0 fully saturated rings. The predicted molar refractivity (Wildman–Crippen MR) is 92.6 cm³/mol. The summed E-state index contributed by atoms with van der Waals surface area (Å²) >= 11 is 6.03. The third-order valence-electron chi connectivity index (χ3n) is 3.72. The molecule has 2 N–H and O–H groups in total. The summed E-state index contributed by atoms with van der Waals surface area (Å²) in [6.07, 6.45) is 1.82. The van der Waals surface area contributed by atoms with Gasteiger partial charge in [-0.1, -0.05) is 23.7 Å². The minimum absolute atomic E-state index is 0.112. The Morgan fingerprint density at radius 3 is 2.43 bits per heavy atom. The van der Waals surface area contributed by atoms with Gasteiger partial charge in [-0.3, -0.25) is 0 Å². The number of benzene rings is 1. The van der Waals surface area contributed by atoms with Crippen LogP contribution in [0, 0.1) is 20.8 Å². The molecule has 1 aromatic carbocycles. The van der Waals surface area contributed by atoms with Crippen LogP contribution < -0.4 is 10.3 Å². The highest BCUT2D eigenvalue weighted by molar-refractivity contribution is 6.30. The predicted octanol–water partition coefficient (Wildman–Crippen LogP) is 3.93. The number of halogens is 1. The zero-order valence-corrected chi connectivity index (χ0v) is 14.2. The Morgan fingerprint density at radius 2 is 1.83 bits per heavy atom. The van der Waals surface area contributed by atoms with E-state index in [2.05, 4.69) is 41.4 Å². The first-order valence-electron chi connectivity index (χ1n) is 7.56. The topological polar surface area (TPSA) is 44.0 Å². The number of anilines is 1. The third-order valence-corrected chi connectivity index (χ3v) is 3.98. The molecule has 0 amide bonds. The molecule has 0 radical (unpaired) electrons. The first-order chi connectivity index (χ1) is 11.0. The zero-order chi connectivity index (χ0) is 16.4. The SMILES string of the molecule is Cc1cc[nH+]c(N[C@@H](c2ccc(Cl)cc2)n2nc(C)cc2C)c1. The molecule has 0 aliphatic heterocycles. The van der Waals surface area contributed by atoms with Crippen LogP contribution in [-0.4, -0.2) is 9.78 Å². The minimum Gasteiger partial charge on any atom is -0.248 e. The Bertz CT molecular complexity index is 808. The van der Waals surface area contributed by atoms with E-state index in [-0.39, 0.29) is 6.17 Å². The molecule has 0 spiro atoms. The van der Waals surface area contributed by atoms with Gasteiger partial charge in [-0.05, 0) is 50.6 Å². The number of pyridine rings is 1. The van der Waals surface area contributed by atoms with Gasteiger partial charge in [0, 0.05) is 22.3 Å². The van der Waals surface area contributed by atoms with Gasteiger partial charge in [0.25, 0.3) is 5.82 Å². The van der Waals surface area contributed by atoms with Crippen LogP contribution in [0.4, 0.5) is 5.82 Å².